The van der Waals surface area contributed by atoms with Crippen molar-refractivity contribution in [1.29, 1.82) is 0 Å². The van der Waals surface area contributed by atoms with Crippen LogP contribution in [0.4, 0.5) is 0 Å². The molecule has 0 bridgehead atoms. The van der Waals surface area contributed by atoms with Gasteiger partial charge in [0, 0.05) is 12.3 Å². The predicted octanol–water partition coefficient (Wildman–Crippen LogP) is 0.557. The molecule has 2 heterocycles. The third kappa shape index (κ3) is 1.82. The van der Waals surface area contributed by atoms with E-state index in [0.29, 0.717) is 19.0 Å². The zero-order chi connectivity index (χ0) is 9.97. The van der Waals surface area contributed by atoms with Crippen LogP contribution >= 0.6 is 0 Å². The highest BCUT2D eigenvalue weighted by atomic mass is 16.6. The highest BCUT2D eigenvalue weighted by Gasteiger charge is 2.20. The number of hydrogen-bond donors (Lipinski definition) is 1. The van der Waals surface area contributed by atoms with E-state index in [4.69, 9.17) is 14.6 Å². The second-order valence-corrected chi connectivity index (χ2v) is 2.96. The van der Waals surface area contributed by atoms with E-state index in [1.807, 2.05) is 0 Å². The first-order valence-electron chi connectivity index (χ1n) is 4.19. The SMILES string of the molecule is O=C(O)c1cc(OC2COC2)ccn1. The van der Waals surface area contributed by atoms with Crippen LogP contribution in [0.3, 0.4) is 0 Å². The van der Waals surface area contributed by atoms with Gasteiger partial charge in [0.15, 0.2) is 5.69 Å². The van der Waals surface area contributed by atoms with Crippen molar-refractivity contribution in [2.45, 2.75) is 6.10 Å². The molecule has 0 atom stereocenters. The number of nitrogens with zero attached hydrogens (tertiary/aromatic N) is 1. The second kappa shape index (κ2) is 3.63. The fourth-order valence-corrected chi connectivity index (χ4v) is 1.08. The molecule has 1 aromatic heterocycles. The van der Waals surface area contributed by atoms with E-state index < -0.39 is 5.97 Å². The van der Waals surface area contributed by atoms with Crippen LogP contribution < -0.4 is 4.74 Å². The highest BCUT2D eigenvalue weighted by Crippen LogP contribution is 2.16. The molecular weight excluding hydrogens is 186 g/mol. The average molecular weight is 195 g/mol. The number of carbonyl (C=O) groups is 1. The molecule has 0 spiro atoms. The molecule has 1 aliphatic heterocycles. The van der Waals surface area contributed by atoms with Crippen LogP contribution in [0.15, 0.2) is 18.3 Å². The summed E-state index contributed by atoms with van der Waals surface area (Å²) < 4.78 is 10.3. The number of ether oxygens (including phenoxy) is 2. The predicted molar refractivity (Wildman–Crippen MR) is 46.4 cm³/mol. The monoisotopic (exact) mass is 195 g/mol. The maximum absolute atomic E-state index is 10.6. The molecule has 0 radical (unpaired) electrons. The van der Waals surface area contributed by atoms with Crippen LogP contribution in [-0.4, -0.2) is 35.4 Å². The minimum atomic E-state index is -1.06. The van der Waals surface area contributed by atoms with Crippen molar-refractivity contribution in [2.24, 2.45) is 0 Å². The van der Waals surface area contributed by atoms with E-state index in [1.54, 1.807) is 6.07 Å². The zero-order valence-corrected chi connectivity index (χ0v) is 7.34. The minimum Gasteiger partial charge on any atom is -0.485 e. The fraction of sp³-hybridized carbons (Fsp3) is 0.333. The van der Waals surface area contributed by atoms with Gasteiger partial charge in [-0.25, -0.2) is 9.78 Å². The fourth-order valence-electron chi connectivity index (χ4n) is 1.08. The molecule has 1 aliphatic rings. The molecule has 0 aliphatic carbocycles. The molecule has 1 aromatic rings. The van der Waals surface area contributed by atoms with Crippen LogP contribution in [0.5, 0.6) is 5.75 Å². The van der Waals surface area contributed by atoms with Gasteiger partial charge in [-0.15, -0.1) is 0 Å². The van der Waals surface area contributed by atoms with Gasteiger partial charge in [0.2, 0.25) is 0 Å². The van der Waals surface area contributed by atoms with E-state index in [-0.39, 0.29) is 11.8 Å². The summed E-state index contributed by atoms with van der Waals surface area (Å²) in [7, 11) is 0. The summed E-state index contributed by atoms with van der Waals surface area (Å²) in [4.78, 5) is 14.3. The molecule has 5 heteroatoms. The average Bonchev–Trinajstić information content (AvgIpc) is 2.12. The number of aromatic nitrogens is 1. The normalized spacial score (nSPS) is 16.0. The molecule has 2 rings (SSSR count). The molecule has 14 heavy (non-hydrogen) atoms. The largest absolute Gasteiger partial charge is 0.485 e. The molecule has 1 saturated heterocycles. The highest BCUT2D eigenvalue weighted by molar-refractivity contribution is 5.85. The van der Waals surface area contributed by atoms with Crippen molar-refractivity contribution in [2.75, 3.05) is 13.2 Å². The van der Waals surface area contributed by atoms with Crippen LogP contribution in [0.2, 0.25) is 0 Å². The molecule has 1 fully saturated rings. The number of carboxylic acid groups (broad SMARTS) is 1. The van der Waals surface area contributed by atoms with E-state index in [9.17, 15) is 4.79 Å². The van der Waals surface area contributed by atoms with Crippen molar-refractivity contribution in [1.82, 2.24) is 4.98 Å². The summed E-state index contributed by atoms with van der Waals surface area (Å²) in [6.45, 7) is 1.12. The Morgan fingerprint density at radius 2 is 2.43 bits per heavy atom. The van der Waals surface area contributed by atoms with Crippen molar-refractivity contribution in [3.8, 4) is 5.75 Å². The molecule has 1 N–H and O–H groups in total. The molecule has 0 saturated carbocycles. The van der Waals surface area contributed by atoms with Gasteiger partial charge >= 0.3 is 5.97 Å². The molecule has 0 amide bonds. The molecule has 0 unspecified atom stereocenters. The minimum absolute atomic E-state index is 0.0114. The van der Waals surface area contributed by atoms with Gasteiger partial charge in [0.1, 0.15) is 11.9 Å². The first kappa shape index (κ1) is 8.96. The lowest BCUT2D eigenvalue weighted by Gasteiger charge is -2.26. The van der Waals surface area contributed by atoms with Crippen molar-refractivity contribution >= 4 is 5.97 Å². The van der Waals surface area contributed by atoms with Crippen molar-refractivity contribution in [3.05, 3.63) is 24.0 Å². The maximum atomic E-state index is 10.6. The smallest absolute Gasteiger partial charge is 0.354 e. The summed E-state index contributed by atoms with van der Waals surface area (Å²) in [6.07, 6.45) is 1.46. The number of rotatable bonds is 3. The lowest BCUT2D eigenvalue weighted by molar-refractivity contribution is -0.0797. The van der Waals surface area contributed by atoms with Crippen LogP contribution in [-0.2, 0) is 4.74 Å². The lowest BCUT2D eigenvalue weighted by Crippen LogP contribution is -2.38. The van der Waals surface area contributed by atoms with Crippen molar-refractivity contribution in [3.63, 3.8) is 0 Å². The Hall–Kier alpha value is -1.62. The number of aromatic carboxylic acids is 1. The Bertz CT molecular complexity index is 348. The maximum Gasteiger partial charge on any atom is 0.354 e. The Labute approximate surface area is 80.3 Å². The zero-order valence-electron chi connectivity index (χ0n) is 7.34. The Kier molecular flexibility index (Phi) is 2.32. The van der Waals surface area contributed by atoms with Gasteiger partial charge in [-0.2, -0.15) is 0 Å². The molecule has 0 aromatic carbocycles. The number of carboxylic acids is 1. The number of pyridine rings is 1. The number of hydrogen-bond acceptors (Lipinski definition) is 4. The first-order valence-corrected chi connectivity index (χ1v) is 4.19. The Morgan fingerprint density at radius 3 is 3.00 bits per heavy atom. The van der Waals surface area contributed by atoms with Gasteiger partial charge in [-0.1, -0.05) is 0 Å². The van der Waals surface area contributed by atoms with Gasteiger partial charge in [-0.05, 0) is 6.07 Å². The molecule has 5 nitrogen and oxygen atoms in total. The molecule has 74 valence electrons. The van der Waals surface area contributed by atoms with Crippen LogP contribution in [0.1, 0.15) is 10.5 Å². The summed E-state index contributed by atoms with van der Waals surface area (Å²) in [5, 5.41) is 8.67. The van der Waals surface area contributed by atoms with E-state index in [2.05, 4.69) is 4.98 Å². The van der Waals surface area contributed by atoms with Crippen LogP contribution in [0, 0.1) is 0 Å². The molecular formula is C9H9NO4. The lowest BCUT2D eigenvalue weighted by atomic mass is 10.3. The van der Waals surface area contributed by atoms with Crippen LogP contribution in [0.25, 0.3) is 0 Å². The summed E-state index contributed by atoms with van der Waals surface area (Å²) in [5.41, 5.74) is -0.0114. The summed E-state index contributed by atoms with van der Waals surface area (Å²) >= 11 is 0. The second-order valence-electron chi connectivity index (χ2n) is 2.96. The quantitative estimate of drug-likeness (QED) is 0.763. The topological polar surface area (TPSA) is 68.7 Å². The van der Waals surface area contributed by atoms with E-state index in [0.717, 1.165) is 0 Å². The summed E-state index contributed by atoms with van der Waals surface area (Å²) in [6, 6.07) is 3.03. The third-order valence-corrected chi connectivity index (χ3v) is 1.86. The summed E-state index contributed by atoms with van der Waals surface area (Å²) in [5.74, 6) is -0.536. The van der Waals surface area contributed by atoms with Crippen molar-refractivity contribution < 1.29 is 19.4 Å². The van der Waals surface area contributed by atoms with Gasteiger partial charge in [-0.3, -0.25) is 0 Å². The Morgan fingerprint density at radius 1 is 1.64 bits per heavy atom. The first-order chi connectivity index (χ1) is 6.75. The van der Waals surface area contributed by atoms with E-state index >= 15 is 0 Å². The standard InChI is InChI=1S/C9H9NO4/c11-9(12)8-3-6(1-2-10-8)14-7-4-13-5-7/h1-3,7H,4-5H2,(H,11,12). The van der Waals surface area contributed by atoms with Gasteiger partial charge in [0.25, 0.3) is 0 Å². The van der Waals surface area contributed by atoms with E-state index in [1.165, 1.54) is 12.3 Å². The third-order valence-electron chi connectivity index (χ3n) is 1.86. The van der Waals surface area contributed by atoms with Gasteiger partial charge < -0.3 is 14.6 Å². The van der Waals surface area contributed by atoms with Gasteiger partial charge in [0.05, 0.1) is 13.2 Å². The Balaban J connectivity index is 2.09.